The zero-order valence-electron chi connectivity index (χ0n) is 7.53. The van der Waals surface area contributed by atoms with Crippen molar-refractivity contribution >= 4 is 28.2 Å². The van der Waals surface area contributed by atoms with Crippen molar-refractivity contribution in [3.05, 3.63) is 11.1 Å². The van der Waals surface area contributed by atoms with Gasteiger partial charge in [-0.25, -0.2) is 4.98 Å². The molecule has 1 aromatic heterocycles. The summed E-state index contributed by atoms with van der Waals surface area (Å²) in [6.07, 6.45) is 5.61. The number of anilines is 1. The Kier molecular flexibility index (Phi) is 3.11. The molecule has 0 unspecified atom stereocenters. The Bertz CT molecular complexity index is 266. The molecular formula is C9H14N2S2. The average Bonchev–Trinajstić information content (AvgIpc) is 2.71. The second kappa shape index (κ2) is 4.33. The van der Waals surface area contributed by atoms with Crippen molar-refractivity contribution in [2.45, 2.75) is 36.7 Å². The number of thiazole rings is 1. The SMILES string of the molecule is Nc1nc(CSC2CCCC2)cs1. The third-order valence-electron chi connectivity index (χ3n) is 2.34. The molecule has 2 rings (SSSR count). The zero-order valence-corrected chi connectivity index (χ0v) is 9.16. The van der Waals surface area contributed by atoms with Gasteiger partial charge in [0.05, 0.1) is 5.69 Å². The summed E-state index contributed by atoms with van der Waals surface area (Å²) in [6.45, 7) is 0. The molecule has 4 heteroatoms. The topological polar surface area (TPSA) is 38.9 Å². The van der Waals surface area contributed by atoms with Crippen molar-refractivity contribution in [3.63, 3.8) is 0 Å². The Morgan fingerprint density at radius 3 is 2.92 bits per heavy atom. The van der Waals surface area contributed by atoms with Gasteiger partial charge in [-0.15, -0.1) is 11.3 Å². The Hall–Kier alpha value is -0.220. The summed E-state index contributed by atoms with van der Waals surface area (Å²) in [6, 6.07) is 0. The predicted molar refractivity (Wildman–Crippen MR) is 60.1 cm³/mol. The Balaban J connectivity index is 1.78. The molecule has 0 radical (unpaired) electrons. The first-order valence-corrected chi connectivity index (χ1v) is 6.59. The third-order valence-corrected chi connectivity index (χ3v) is 4.47. The number of hydrogen-bond acceptors (Lipinski definition) is 4. The molecule has 1 fully saturated rings. The molecule has 13 heavy (non-hydrogen) atoms. The molecule has 72 valence electrons. The fourth-order valence-corrected chi connectivity index (χ4v) is 3.54. The van der Waals surface area contributed by atoms with E-state index in [1.807, 2.05) is 11.8 Å². The van der Waals surface area contributed by atoms with Crippen LogP contribution in [-0.4, -0.2) is 10.2 Å². The third kappa shape index (κ3) is 2.61. The molecule has 1 aromatic rings. The van der Waals surface area contributed by atoms with E-state index in [1.54, 1.807) is 11.3 Å². The van der Waals surface area contributed by atoms with E-state index in [0.29, 0.717) is 5.13 Å². The summed E-state index contributed by atoms with van der Waals surface area (Å²) in [5.74, 6) is 1.04. The predicted octanol–water partition coefficient (Wildman–Crippen LogP) is 2.90. The summed E-state index contributed by atoms with van der Waals surface area (Å²) < 4.78 is 0. The van der Waals surface area contributed by atoms with E-state index < -0.39 is 0 Å². The van der Waals surface area contributed by atoms with Crippen LogP contribution in [0.5, 0.6) is 0 Å². The standard InChI is InChI=1S/C9H14N2S2/c10-9-11-7(6-13-9)5-12-8-3-1-2-4-8/h6,8H,1-5H2,(H2,10,11). The van der Waals surface area contributed by atoms with Gasteiger partial charge in [-0.3, -0.25) is 0 Å². The smallest absolute Gasteiger partial charge is 0.180 e. The molecule has 1 heterocycles. The second-order valence-electron chi connectivity index (χ2n) is 3.39. The molecule has 0 saturated heterocycles. The van der Waals surface area contributed by atoms with Gasteiger partial charge in [0, 0.05) is 16.4 Å². The lowest BCUT2D eigenvalue weighted by molar-refractivity contribution is 0.886. The van der Waals surface area contributed by atoms with Crippen LogP contribution in [0.4, 0.5) is 5.13 Å². The van der Waals surface area contributed by atoms with Crippen LogP contribution < -0.4 is 5.73 Å². The molecule has 2 N–H and O–H groups in total. The van der Waals surface area contributed by atoms with Gasteiger partial charge >= 0.3 is 0 Å². The fraction of sp³-hybridized carbons (Fsp3) is 0.667. The molecule has 0 aliphatic heterocycles. The first-order valence-electron chi connectivity index (χ1n) is 4.66. The molecule has 0 atom stereocenters. The fourth-order valence-electron chi connectivity index (χ4n) is 1.65. The highest BCUT2D eigenvalue weighted by atomic mass is 32.2. The van der Waals surface area contributed by atoms with Gasteiger partial charge < -0.3 is 5.73 Å². The van der Waals surface area contributed by atoms with E-state index in [4.69, 9.17) is 5.73 Å². The van der Waals surface area contributed by atoms with Crippen molar-refractivity contribution in [3.8, 4) is 0 Å². The van der Waals surface area contributed by atoms with Gasteiger partial charge in [0.15, 0.2) is 5.13 Å². The van der Waals surface area contributed by atoms with Crippen LogP contribution in [0.2, 0.25) is 0 Å². The number of aromatic nitrogens is 1. The first-order chi connectivity index (χ1) is 6.34. The lowest BCUT2D eigenvalue weighted by atomic mass is 10.4. The van der Waals surface area contributed by atoms with Crippen molar-refractivity contribution in [1.82, 2.24) is 4.98 Å². The molecule has 0 spiro atoms. The number of nitrogen functional groups attached to an aromatic ring is 1. The van der Waals surface area contributed by atoms with E-state index in [2.05, 4.69) is 10.4 Å². The molecule has 0 amide bonds. The molecule has 0 bridgehead atoms. The summed E-state index contributed by atoms with van der Waals surface area (Å²) in [5, 5.41) is 3.64. The quantitative estimate of drug-likeness (QED) is 0.841. The lowest BCUT2D eigenvalue weighted by Gasteiger charge is -2.05. The van der Waals surface area contributed by atoms with Crippen molar-refractivity contribution in [1.29, 1.82) is 0 Å². The van der Waals surface area contributed by atoms with Gasteiger partial charge in [0.2, 0.25) is 0 Å². The molecular weight excluding hydrogens is 200 g/mol. The van der Waals surface area contributed by atoms with Crippen molar-refractivity contribution < 1.29 is 0 Å². The summed E-state index contributed by atoms with van der Waals surface area (Å²) >= 11 is 3.58. The van der Waals surface area contributed by atoms with Gasteiger partial charge in [0.25, 0.3) is 0 Å². The van der Waals surface area contributed by atoms with Gasteiger partial charge in [-0.2, -0.15) is 11.8 Å². The van der Waals surface area contributed by atoms with Crippen LogP contribution in [0.15, 0.2) is 5.38 Å². The maximum atomic E-state index is 5.56. The second-order valence-corrected chi connectivity index (χ2v) is 5.57. The minimum atomic E-state index is 0.696. The van der Waals surface area contributed by atoms with Gasteiger partial charge in [-0.1, -0.05) is 12.8 Å². The average molecular weight is 214 g/mol. The lowest BCUT2D eigenvalue weighted by Crippen LogP contribution is -1.95. The molecule has 1 saturated carbocycles. The maximum Gasteiger partial charge on any atom is 0.180 e. The Morgan fingerprint density at radius 1 is 1.54 bits per heavy atom. The van der Waals surface area contributed by atoms with Crippen LogP contribution in [0.25, 0.3) is 0 Å². The van der Waals surface area contributed by atoms with Crippen LogP contribution in [0.1, 0.15) is 31.4 Å². The van der Waals surface area contributed by atoms with E-state index in [1.165, 1.54) is 25.7 Å². The van der Waals surface area contributed by atoms with Crippen molar-refractivity contribution in [2.24, 2.45) is 0 Å². The van der Waals surface area contributed by atoms with Gasteiger partial charge in [-0.05, 0) is 12.8 Å². The molecule has 1 aliphatic rings. The van der Waals surface area contributed by atoms with E-state index in [-0.39, 0.29) is 0 Å². The Labute approximate surface area is 86.9 Å². The number of thioether (sulfide) groups is 1. The van der Waals surface area contributed by atoms with E-state index >= 15 is 0 Å². The monoisotopic (exact) mass is 214 g/mol. The highest BCUT2D eigenvalue weighted by Crippen LogP contribution is 2.31. The highest BCUT2D eigenvalue weighted by molar-refractivity contribution is 7.99. The molecule has 0 aromatic carbocycles. The normalized spacial score (nSPS) is 18.2. The Morgan fingerprint density at radius 2 is 2.31 bits per heavy atom. The van der Waals surface area contributed by atoms with Crippen molar-refractivity contribution in [2.75, 3.05) is 5.73 Å². The van der Waals surface area contributed by atoms with Gasteiger partial charge in [0.1, 0.15) is 0 Å². The number of hydrogen-bond donors (Lipinski definition) is 1. The largest absolute Gasteiger partial charge is 0.375 e. The van der Waals surface area contributed by atoms with Crippen LogP contribution in [-0.2, 0) is 5.75 Å². The maximum absolute atomic E-state index is 5.56. The van der Waals surface area contributed by atoms with Crippen LogP contribution in [0.3, 0.4) is 0 Å². The van der Waals surface area contributed by atoms with Crippen LogP contribution in [0, 0.1) is 0 Å². The number of nitrogens with zero attached hydrogens (tertiary/aromatic N) is 1. The zero-order chi connectivity index (χ0) is 9.10. The summed E-state index contributed by atoms with van der Waals surface area (Å²) in [4.78, 5) is 4.25. The molecule has 2 nitrogen and oxygen atoms in total. The number of nitrogens with two attached hydrogens (primary N) is 1. The highest BCUT2D eigenvalue weighted by Gasteiger charge is 2.15. The van der Waals surface area contributed by atoms with Crippen LogP contribution >= 0.6 is 23.1 Å². The minimum absolute atomic E-state index is 0.696. The minimum Gasteiger partial charge on any atom is -0.375 e. The summed E-state index contributed by atoms with van der Waals surface area (Å²) in [5.41, 5.74) is 6.71. The van der Waals surface area contributed by atoms with E-state index in [0.717, 1.165) is 16.7 Å². The summed E-state index contributed by atoms with van der Waals surface area (Å²) in [7, 11) is 0. The molecule has 1 aliphatic carbocycles. The number of rotatable bonds is 3. The first kappa shape index (κ1) is 9.34. The van der Waals surface area contributed by atoms with E-state index in [9.17, 15) is 0 Å².